The molecule has 1 amide bonds. The summed E-state index contributed by atoms with van der Waals surface area (Å²) in [7, 11) is 0. The fraction of sp³-hybridized carbons (Fsp3) is 0.303. The predicted molar refractivity (Wildman–Crippen MR) is 164 cm³/mol. The summed E-state index contributed by atoms with van der Waals surface area (Å²) in [6.07, 6.45) is 6.88. The average molecular weight is 607 g/mol. The number of amidine groups is 1. The number of likely N-dealkylation sites (tertiary alicyclic amines) is 1. The Labute approximate surface area is 254 Å². The zero-order valence-corrected chi connectivity index (χ0v) is 25.0. The van der Waals surface area contributed by atoms with Gasteiger partial charge in [0.15, 0.2) is 5.83 Å². The van der Waals surface area contributed by atoms with Gasteiger partial charge in [-0.05, 0) is 48.4 Å². The van der Waals surface area contributed by atoms with Gasteiger partial charge < -0.3 is 9.80 Å². The van der Waals surface area contributed by atoms with Gasteiger partial charge in [-0.15, -0.1) is 0 Å². The van der Waals surface area contributed by atoms with Crippen molar-refractivity contribution < 1.29 is 22.4 Å². The maximum Gasteiger partial charge on any atom is 0.416 e. The molecule has 1 aromatic carbocycles. The van der Waals surface area contributed by atoms with Crippen molar-refractivity contribution in [2.75, 3.05) is 6.54 Å². The zero-order chi connectivity index (χ0) is 31.9. The summed E-state index contributed by atoms with van der Waals surface area (Å²) in [6, 6.07) is 9.79. The number of nitrogens with zero attached hydrogens (tertiary/aromatic N) is 6. The number of carbonyl (C=O) groups is 1. The van der Waals surface area contributed by atoms with Gasteiger partial charge in [0.2, 0.25) is 5.91 Å². The number of benzene rings is 1. The molecular formula is C33H34F4N6O. The average Bonchev–Trinajstić information content (AvgIpc) is 3.40. The largest absolute Gasteiger partial charge is 0.416 e. The number of aliphatic imine (C=N–C) groups is 2. The smallest absolute Gasteiger partial charge is 0.336 e. The number of allylic oxidation sites excluding steroid dienone is 5. The van der Waals surface area contributed by atoms with Crippen molar-refractivity contribution in [2.24, 2.45) is 9.98 Å². The molecule has 7 nitrogen and oxygen atoms in total. The monoisotopic (exact) mass is 606 g/mol. The van der Waals surface area contributed by atoms with E-state index in [0.717, 1.165) is 18.6 Å². The number of hydrogen-bond acceptors (Lipinski definition) is 5. The number of alkyl halides is 3. The van der Waals surface area contributed by atoms with Gasteiger partial charge in [-0.2, -0.15) is 22.7 Å². The molecule has 1 saturated heterocycles. The maximum absolute atomic E-state index is 13.8. The summed E-state index contributed by atoms with van der Waals surface area (Å²) in [5.74, 6) is -0.711. The quantitative estimate of drug-likeness (QED) is 0.272. The fourth-order valence-electron chi connectivity index (χ4n) is 4.82. The maximum atomic E-state index is 13.8. The van der Waals surface area contributed by atoms with Crippen LogP contribution in [0.15, 0.2) is 112 Å². The number of halogens is 4. The third-order valence-corrected chi connectivity index (χ3v) is 6.99. The molecule has 0 aliphatic carbocycles. The number of aromatic nitrogens is 2. The first-order valence-electron chi connectivity index (χ1n) is 14.6. The Kier molecular flexibility index (Phi) is 10.3. The Morgan fingerprint density at radius 3 is 2.48 bits per heavy atom. The van der Waals surface area contributed by atoms with Crippen LogP contribution in [0.25, 0.3) is 5.70 Å². The van der Waals surface area contributed by atoms with Gasteiger partial charge in [0.25, 0.3) is 0 Å². The van der Waals surface area contributed by atoms with E-state index in [0.29, 0.717) is 35.8 Å². The minimum absolute atomic E-state index is 0.0560. The van der Waals surface area contributed by atoms with Crippen LogP contribution in [0.1, 0.15) is 45.4 Å². The topological polar surface area (TPSA) is 66.1 Å². The highest BCUT2D eigenvalue weighted by molar-refractivity contribution is 6.08. The van der Waals surface area contributed by atoms with Crippen molar-refractivity contribution in [3.8, 4) is 0 Å². The highest BCUT2D eigenvalue weighted by Gasteiger charge is 2.42. The summed E-state index contributed by atoms with van der Waals surface area (Å²) in [4.78, 5) is 25.6. The third-order valence-electron chi connectivity index (χ3n) is 6.99. The third kappa shape index (κ3) is 7.06. The van der Waals surface area contributed by atoms with E-state index < -0.39 is 23.6 Å². The number of carbonyl (C=O) groups excluding carboxylic acids is 1. The van der Waals surface area contributed by atoms with E-state index in [1.54, 1.807) is 52.2 Å². The Morgan fingerprint density at radius 1 is 1.05 bits per heavy atom. The lowest BCUT2D eigenvalue weighted by atomic mass is 9.98. The van der Waals surface area contributed by atoms with E-state index >= 15 is 0 Å². The summed E-state index contributed by atoms with van der Waals surface area (Å²) in [6.45, 7) is 8.93. The van der Waals surface area contributed by atoms with E-state index in [1.807, 2.05) is 33.8 Å². The summed E-state index contributed by atoms with van der Waals surface area (Å²) in [5, 5.41) is 4.53. The lowest BCUT2D eigenvalue weighted by Crippen LogP contribution is -2.59. The van der Waals surface area contributed by atoms with Crippen molar-refractivity contribution in [2.45, 2.75) is 58.9 Å². The molecule has 5 heterocycles. The normalized spacial score (nSPS) is 20.2. The minimum atomic E-state index is -4.54. The number of fused-ring (bicyclic) bond motifs is 1. The molecule has 1 unspecified atom stereocenters. The van der Waals surface area contributed by atoms with Gasteiger partial charge in [0.05, 0.1) is 35.8 Å². The second kappa shape index (κ2) is 14.1. The van der Waals surface area contributed by atoms with Crippen molar-refractivity contribution in [3.63, 3.8) is 0 Å². The fourth-order valence-corrected chi connectivity index (χ4v) is 4.82. The Balaban J connectivity index is 0.00000106. The van der Waals surface area contributed by atoms with Crippen LogP contribution in [-0.4, -0.2) is 61.8 Å². The van der Waals surface area contributed by atoms with Crippen LogP contribution in [0.3, 0.4) is 0 Å². The summed E-state index contributed by atoms with van der Waals surface area (Å²) < 4.78 is 55.5. The summed E-state index contributed by atoms with van der Waals surface area (Å²) >= 11 is 0. The van der Waals surface area contributed by atoms with Crippen molar-refractivity contribution in [3.05, 3.63) is 114 Å². The number of rotatable bonds is 5. The van der Waals surface area contributed by atoms with Crippen molar-refractivity contribution in [1.29, 1.82) is 0 Å². The molecule has 4 aliphatic rings. The minimum Gasteiger partial charge on any atom is -0.336 e. The SMILES string of the molecule is CC.CC.O=C(C1C=C(c2ccccc2)N=C2C=C(C(F)(F)F)C=CN21)N1CC[C@H]1Cn1ccc(C2=NC=C=C(F)C=C2)n1. The number of hydrogen-bond donors (Lipinski definition) is 0. The molecule has 230 valence electrons. The highest BCUT2D eigenvalue weighted by Crippen LogP contribution is 2.34. The summed E-state index contributed by atoms with van der Waals surface area (Å²) in [5.41, 5.74) is 3.72. The van der Waals surface area contributed by atoms with Crippen LogP contribution in [0.5, 0.6) is 0 Å². The van der Waals surface area contributed by atoms with Crippen LogP contribution in [-0.2, 0) is 11.3 Å². The first-order chi connectivity index (χ1) is 21.3. The molecule has 4 aliphatic heterocycles. The van der Waals surface area contributed by atoms with Crippen LogP contribution >= 0.6 is 0 Å². The first kappa shape index (κ1) is 32.2. The van der Waals surface area contributed by atoms with Gasteiger partial charge in [0, 0.05) is 18.9 Å². The molecule has 2 atom stereocenters. The van der Waals surface area contributed by atoms with Gasteiger partial charge in [0.1, 0.15) is 17.6 Å². The van der Waals surface area contributed by atoms with Gasteiger partial charge in [-0.25, -0.2) is 9.98 Å². The predicted octanol–water partition coefficient (Wildman–Crippen LogP) is 7.00. The molecule has 0 N–H and O–H groups in total. The Bertz CT molecular complexity index is 1600. The van der Waals surface area contributed by atoms with Gasteiger partial charge in [-0.3, -0.25) is 9.48 Å². The van der Waals surface area contributed by atoms with Crippen LogP contribution in [0.4, 0.5) is 17.6 Å². The van der Waals surface area contributed by atoms with E-state index in [-0.39, 0.29) is 17.8 Å². The lowest BCUT2D eigenvalue weighted by molar-refractivity contribution is -0.141. The molecule has 0 radical (unpaired) electrons. The molecule has 0 bridgehead atoms. The van der Waals surface area contributed by atoms with Crippen molar-refractivity contribution in [1.82, 2.24) is 19.6 Å². The molecule has 0 saturated carbocycles. The van der Waals surface area contributed by atoms with Gasteiger partial charge >= 0.3 is 6.18 Å². The standard InChI is InChI=1S/C29H22F4N6O.2C2H6/c30-21-6-7-23(34-12-8-21)24-11-13-37(36-24)18-22-10-15-38(22)28(40)26-17-25(19-4-2-1-3-5-19)35-27-16-20(29(31,32)33)9-14-39(26)27;2*1-2/h1-7,9,11-14,16-17,22,26H,10,15,18H2;2*1-2H3/t22-,26?;;/m0../s1. The lowest BCUT2D eigenvalue weighted by Gasteiger charge is -2.44. The highest BCUT2D eigenvalue weighted by atomic mass is 19.4. The van der Waals surface area contributed by atoms with Gasteiger partial charge in [-0.1, -0.05) is 63.8 Å². The van der Waals surface area contributed by atoms with E-state index in [1.165, 1.54) is 29.5 Å². The molecule has 1 aromatic heterocycles. The Morgan fingerprint density at radius 2 is 1.80 bits per heavy atom. The van der Waals surface area contributed by atoms with Crippen LogP contribution in [0.2, 0.25) is 0 Å². The second-order valence-corrected chi connectivity index (χ2v) is 9.52. The van der Waals surface area contributed by atoms with Crippen LogP contribution < -0.4 is 0 Å². The molecule has 2 aromatic rings. The number of amides is 1. The van der Waals surface area contributed by atoms with E-state index in [2.05, 4.69) is 20.8 Å². The second-order valence-electron chi connectivity index (χ2n) is 9.52. The van der Waals surface area contributed by atoms with Crippen molar-refractivity contribution >= 4 is 23.2 Å². The Hall–Kier alpha value is -4.76. The zero-order valence-electron chi connectivity index (χ0n) is 25.0. The molecule has 11 heteroatoms. The van der Waals surface area contributed by atoms with E-state index in [4.69, 9.17) is 0 Å². The molecule has 44 heavy (non-hydrogen) atoms. The van der Waals surface area contributed by atoms with E-state index in [9.17, 15) is 22.4 Å². The first-order valence-corrected chi connectivity index (χ1v) is 14.6. The molecule has 1 fully saturated rings. The molecule has 6 rings (SSSR count). The molecular weight excluding hydrogens is 572 g/mol. The van der Waals surface area contributed by atoms with Crippen LogP contribution in [0, 0.1) is 0 Å². The molecule has 0 spiro atoms.